The summed E-state index contributed by atoms with van der Waals surface area (Å²) in [6.45, 7) is 0.767. The van der Waals surface area contributed by atoms with E-state index in [2.05, 4.69) is 35.1 Å². The Morgan fingerprint density at radius 2 is 2.12 bits per heavy atom. The molecule has 0 saturated carbocycles. The quantitative estimate of drug-likeness (QED) is 0.606. The third-order valence-electron chi connectivity index (χ3n) is 4.20. The van der Waals surface area contributed by atoms with Crippen LogP contribution in [0.4, 0.5) is 8.78 Å². The number of nitrogens with one attached hydrogen (secondary N) is 2. The lowest BCUT2D eigenvalue weighted by molar-refractivity contribution is -0.0504. The molecular weight excluding hydrogens is 342 g/mol. The molecule has 1 aliphatic rings. The van der Waals surface area contributed by atoms with E-state index in [1.165, 1.54) is 0 Å². The maximum absolute atomic E-state index is 12.6. The summed E-state index contributed by atoms with van der Waals surface area (Å²) in [5.41, 5.74) is 1.60. The Balaban J connectivity index is 1.60. The van der Waals surface area contributed by atoms with Crippen molar-refractivity contribution in [2.45, 2.75) is 46.0 Å². The van der Waals surface area contributed by atoms with Crippen LogP contribution in [0.25, 0.3) is 0 Å². The zero-order valence-corrected chi connectivity index (χ0v) is 14.8. The van der Waals surface area contributed by atoms with Gasteiger partial charge in [-0.25, -0.2) is 0 Å². The molecular formula is C17H22F2N6O. The number of guanidine groups is 1. The van der Waals surface area contributed by atoms with Gasteiger partial charge in [0.05, 0.1) is 6.54 Å². The zero-order chi connectivity index (χ0) is 18.5. The lowest BCUT2D eigenvalue weighted by Crippen LogP contribution is -2.37. The van der Waals surface area contributed by atoms with Crippen molar-refractivity contribution in [2.24, 2.45) is 4.99 Å². The number of aromatic nitrogens is 3. The average molecular weight is 364 g/mol. The van der Waals surface area contributed by atoms with Gasteiger partial charge in [0.15, 0.2) is 11.8 Å². The number of hydrogen-bond donors (Lipinski definition) is 2. The summed E-state index contributed by atoms with van der Waals surface area (Å²) in [5.74, 6) is 2.57. The summed E-state index contributed by atoms with van der Waals surface area (Å²) < 4.78 is 31.8. The van der Waals surface area contributed by atoms with Crippen LogP contribution in [0.3, 0.4) is 0 Å². The standard InChI is InChI=1S/C17H22F2N6O/c1-11-5-6-13(26-16(18)19)12(8-11)9-21-17(20-2)22-10-15-24-23-14-4-3-7-25(14)15/h5-6,8,16H,3-4,7,9-10H2,1-2H3,(H2,20,21,22). The van der Waals surface area contributed by atoms with Crippen molar-refractivity contribution >= 4 is 5.96 Å². The number of halogens is 2. The zero-order valence-electron chi connectivity index (χ0n) is 14.8. The number of aryl methyl sites for hydroxylation is 2. The fraction of sp³-hybridized carbons (Fsp3) is 0.471. The Kier molecular flexibility index (Phi) is 5.65. The predicted octanol–water partition coefficient (Wildman–Crippen LogP) is 2.00. The van der Waals surface area contributed by atoms with Gasteiger partial charge in [-0.1, -0.05) is 17.7 Å². The second-order valence-electron chi connectivity index (χ2n) is 6.06. The molecule has 3 rings (SSSR count). The van der Waals surface area contributed by atoms with Gasteiger partial charge in [-0.3, -0.25) is 4.99 Å². The highest BCUT2D eigenvalue weighted by molar-refractivity contribution is 5.79. The van der Waals surface area contributed by atoms with Crippen molar-refractivity contribution in [1.29, 1.82) is 0 Å². The van der Waals surface area contributed by atoms with Gasteiger partial charge in [0.25, 0.3) is 0 Å². The van der Waals surface area contributed by atoms with Crippen molar-refractivity contribution in [3.63, 3.8) is 0 Å². The molecule has 9 heteroatoms. The van der Waals surface area contributed by atoms with Gasteiger partial charge in [-0.05, 0) is 19.4 Å². The molecule has 0 amide bonds. The van der Waals surface area contributed by atoms with Gasteiger partial charge in [0, 0.05) is 32.1 Å². The van der Waals surface area contributed by atoms with E-state index in [9.17, 15) is 8.78 Å². The Labute approximate surface area is 150 Å². The van der Waals surface area contributed by atoms with Crippen LogP contribution in [-0.4, -0.2) is 34.4 Å². The van der Waals surface area contributed by atoms with Crippen LogP contribution in [0.5, 0.6) is 5.75 Å². The number of alkyl halides is 2. The molecule has 26 heavy (non-hydrogen) atoms. The van der Waals surface area contributed by atoms with Crippen LogP contribution in [0.1, 0.15) is 29.2 Å². The van der Waals surface area contributed by atoms with E-state index in [1.807, 2.05) is 13.0 Å². The molecule has 1 aliphatic heterocycles. The summed E-state index contributed by atoms with van der Waals surface area (Å²) in [6.07, 6.45) is 2.05. The summed E-state index contributed by atoms with van der Waals surface area (Å²) in [4.78, 5) is 4.16. The Morgan fingerprint density at radius 3 is 2.88 bits per heavy atom. The topological polar surface area (TPSA) is 76.4 Å². The van der Waals surface area contributed by atoms with Gasteiger partial charge in [-0.15, -0.1) is 10.2 Å². The Morgan fingerprint density at radius 1 is 1.31 bits per heavy atom. The van der Waals surface area contributed by atoms with Crippen molar-refractivity contribution in [2.75, 3.05) is 7.05 Å². The fourth-order valence-corrected chi connectivity index (χ4v) is 2.96. The average Bonchev–Trinajstić information content (AvgIpc) is 3.21. The maximum atomic E-state index is 12.6. The molecule has 0 fully saturated rings. The molecule has 7 nitrogen and oxygen atoms in total. The summed E-state index contributed by atoms with van der Waals surface area (Å²) in [5, 5.41) is 14.6. The first-order valence-corrected chi connectivity index (χ1v) is 8.46. The normalized spacial score (nSPS) is 13.8. The van der Waals surface area contributed by atoms with E-state index in [4.69, 9.17) is 0 Å². The van der Waals surface area contributed by atoms with E-state index in [-0.39, 0.29) is 5.75 Å². The Bertz CT molecular complexity index is 790. The minimum atomic E-state index is -2.86. The van der Waals surface area contributed by atoms with Crippen LogP contribution < -0.4 is 15.4 Å². The first-order valence-electron chi connectivity index (χ1n) is 8.46. The highest BCUT2D eigenvalue weighted by atomic mass is 19.3. The van der Waals surface area contributed by atoms with Crippen LogP contribution in [-0.2, 0) is 26.1 Å². The number of aliphatic imine (C=N–C) groups is 1. The third-order valence-corrected chi connectivity index (χ3v) is 4.20. The molecule has 0 atom stereocenters. The molecule has 1 aromatic carbocycles. The minimum Gasteiger partial charge on any atom is -0.434 e. The number of fused-ring (bicyclic) bond motifs is 1. The molecule has 0 unspecified atom stereocenters. The predicted molar refractivity (Wildman–Crippen MR) is 93.2 cm³/mol. The van der Waals surface area contributed by atoms with Gasteiger partial charge in [0.2, 0.25) is 0 Å². The lowest BCUT2D eigenvalue weighted by Gasteiger charge is -2.15. The molecule has 2 aromatic rings. The molecule has 0 spiro atoms. The number of benzene rings is 1. The maximum Gasteiger partial charge on any atom is 0.387 e. The van der Waals surface area contributed by atoms with Crippen molar-refractivity contribution in [3.05, 3.63) is 41.0 Å². The highest BCUT2D eigenvalue weighted by Gasteiger charge is 2.17. The van der Waals surface area contributed by atoms with Gasteiger partial charge >= 0.3 is 6.61 Å². The van der Waals surface area contributed by atoms with Crippen molar-refractivity contribution in [3.8, 4) is 5.75 Å². The van der Waals surface area contributed by atoms with Gasteiger partial charge in [0.1, 0.15) is 11.6 Å². The monoisotopic (exact) mass is 364 g/mol. The van der Waals surface area contributed by atoms with E-state index >= 15 is 0 Å². The third kappa shape index (κ3) is 4.27. The van der Waals surface area contributed by atoms with Gasteiger partial charge in [-0.2, -0.15) is 8.78 Å². The van der Waals surface area contributed by atoms with Gasteiger partial charge < -0.3 is 19.9 Å². The van der Waals surface area contributed by atoms with E-state index in [0.717, 1.165) is 36.6 Å². The molecule has 2 heterocycles. The molecule has 0 saturated heterocycles. The first-order chi connectivity index (χ1) is 12.6. The molecule has 0 aliphatic carbocycles. The number of ether oxygens (including phenoxy) is 1. The molecule has 2 N–H and O–H groups in total. The van der Waals surface area contributed by atoms with E-state index in [1.54, 1.807) is 19.2 Å². The smallest absolute Gasteiger partial charge is 0.387 e. The molecule has 140 valence electrons. The van der Waals surface area contributed by atoms with Crippen LogP contribution >= 0.6 is 0 Å². The first kappa shape index (κ1) is 18.1. The molecule has 0 radical (unpaired) electrons. The number of hydrogen-bond acceptors (Lipinski definition) is 4. The number of nitrogens with zero attached hydrogens (tertiary/aromatic N) is 4. The van der Waals surface area contributed by atoms with E-state index < -0.39 is 6.61 Å². The van der Waals surface area contributed by atoms with Crippen LogP contribution in [0.15, 0.2) is 23.2 Å². The van der Waals surface area contributed by atoms with Crippen molar-refractivity contribution < 1.29 is 13.5 Å². The minimum absolute atomic E-state index is 0.156. The SMILES string of the molecule is CN=C(NCc1cc(C)ccc1OC(F)F)NCc1nnc2n1CCC2. The van der Waals surface area contributed by atoms with Crippen molar-refractivity contribution in [1.82, 2.24) is 25.4 Å². The molecule has 0 bridgehead atoms. The molecule has 1 aromatic heterocycles. The number of rotatable bonds is 6. The second-order valence-corrected chi connectivity index (χ2v) is 6.06. The Hall–Kier alpha value is -2.71. The fourth-order valence-electron chi connectivity index (χ4n) is 2.96. The lowest BCUT2D eigenvalue weighted by atomic mass is 10.1. The summed E-state index contributed by atoms with van der Waals surface area (Å²) >= 11 is 0. The van der Waals surface area contributed by atoms with Crippen LogP contribution in [0.2, 0.25) is 0 Å². The summed E-state index contributed by atoms with van der Waals surface area (Å²) in [7, 11) is 1.65. The second kappa shape index (κ2) is 8.11. The highest BCUT2D eigenvalue weighted by Crippen LogP contribution is 2.22. The largest absolute Gasteiger partial charge is 0.434 e. The van der Waals surface area contributed by atoms with Crippen LogP contribution in [0, 0.1) is 6.92 Å². The summed E-state index contributed by atoms with van der Waals surface area (Å²) in [6, 6.07) is 5.09. The van der Waals surface area contributed by atoms with E-state index in [0.29, 0.717) is 24.6 Å².